The van der Waals surface area contributed by atoms with Gasteiger partial charge >= 0.3 is 0 Å². The Morgan fingerprint density at radius 2 is 2.18 bits per heavy atom. The van der Waals surface area contributed by atoms with Crippen LogP contribution in [0.4, 0.5) is 0 Å². The van der Waals surface area contributed by atoms with Crippen molar-refractivity contribution in [3.8, 4) is 17.1 Å². The fourth-order valence-electron chi connectivity index (χ4n) is 3.32. The Bertz CT molecular complexity index is 762. The van der Waals surface area contributed by atoms with Crippen LogP contribution >= 0.6 is 0 Å². The third-order valence-electron chi connectivity index (χ3n) is 4.47. The second-order valence-corrected chi connectivity index (χ2v) is 6.17. The van der Waals surface area contributed by atoms with Gasteiger partial charge in [0, 0.05) is 36.0 Å². The number of pyridine rings is 2. The lowest BCUT2D eigenvalue weighted by Crippen LogP contribution is -2.26. The number of aromatic nitrogens is 2. The highest BCUT2D eigenvalue weighted by atomic mass is 16.5. The molecule has 0 saturated heterocycles. The van der Waals surface area contributed by atoms with Crippen molar-refractivity contribution in [3.05, 3.63) is 45.9 Å². The van der Waals surface area contributed by atoms with Crippen molar-refractivity contribution in [2.75, 3.05) is 7.11 Å². The zero-order valence-electron chi connectivity index (χ0n) is 13.6. The normalized spacial score (nSPS) is 16.3. The molecule has 0 saturated carbocycles. The molecule has 116 valence electrons. The minimum absolute atomic E-state index is 0.0412. The summed E-state index contributed by atoms with van der Waals surface area (Å²) in [5.74, 6) is 1.14. The molecule has 1 unspecified atom stereocenters. The molecule has 22 heavy (non-hydrogen) atoms. The van der Waals surface area contributed by atoms with Gasteiger partial charge in [0.2, 0.25) is 5.88 Å². The van der Waals surface area contributed by atoms with Gasteiger partial charge in [0.05, 0.1) is 18.5 Å². The topological polar surface area (TPSA) is 44.1 Å². The maximum atomic E-state index is 11.9. The molecule has 0 radical (unpaired) electrons. The lowest BCUT2D eigenvalue weighted by Gasteiger charge is -2.33. The van der Waals surface area contributed by atoms with Crippen LogP contribution in [0, 0.1) is 5.92 Å². The van der Waals surface area contributed by atoms with E-state index < -0.39 is 0 Å². The largest absolute Gasteiger partial charge is 0.481 e. The fraction of sp³-hybridized carbons (Fsp3) is 0.444. The van der Waals surface area contributed by atoms with E-state index in [-0.39, 0.29) is 5.43 Å². The molecule has 1 aliphatic rings. The van der Waals surface area contributed by atoms with Gasteiger partial charge in [-0.05, 0) is 24.3 Å². The summed E-state index contributed by atoms with van der Waals surface area (Å²) in [6, 6.07) is 5.75. The maximum Gasteiger partial charge on any atom is 0.213 e. The summed E-state index contributed by atoms with van der Waals surface area (Å²) >= 11 is 0. The summed E-state index contributed by atoms with van der Waals surface area (Å²) in [4.78, 5) is 16.5. The molecular formula is C18H22N2O2. The molecule has 0 fully saturated rings. The predicted molar refractivity (Wildman–Crippen MR) is 87.4 cm³/mol. The number of ether oxygens (including phenoxy) is 1. The minimum atomic E-state index is 0.0412. The quantitative estimate of drug-likeness (QED) is 0.874. The Labute approximate surface area is 130 Å². The molecule has 4 heteroatoms. The third-order valence-corrected chi connectivity index (χ3v) is 4.47. The standard InChI is InChI=1S/C18H22N2O2/c1-5-14-18-12(9-17(19-14)22-4)8-15(11(2)3)20-7-6-13(21)10-16(18)20/h6-7,9-11,15H,5,8H2,1-4H3. The lowest BCUT2D eigenvalue weighted by molar-refractivity contribution is 0.364. The summed E-state index contributed by atoms with van der Waals surface area (Å²) in [6.07, 6.45) is 3.68. The number of fused-ring (bicyclic) bond motifs is 3. The average Bonchev–Trinajstić information content (AvgIpc) is 2.52. The molecule has 3 rings (SSSR count). The molecule has 2 aromatic heterocycles. The molecule has 0 aromatic carbocycles. The molecule has 0 amide bonds. The molecule has 0 bridgehead atoms. The fourth-order valence-corrected chi connectivity index (χ4v) is 3.32. The van der Waals surface area contributed by atoms with Crippen molar-refractivity contribution in [2.24, 2.45) is 5.92 Å². The third kappa shape index (κ3) is 2.32. The summed E-state index contributed by atoms with van der Waals surface area (Å²) in [5.41, 5.74) is 4.36. The van der Waals surface area contributed by atoms with Crippen LogP contribution in [0.3, 0.4) is 0 Å². The van der Waals surface area contributed by atoms with Crippen molar-refractivity contribution in [3.63, 3.8) is 0 Å². The number of hydrogen-bond acceptors (Lipinski definition) is 3. The van der Waals surface area contributed by atoms with Gasteiger partial charge in [0.1, 0.15) is 0 Å². The minimum Gasteiger partial charge on any atom is -0.481 e. The van der Waals surface area contributed by atoms with Gasteiger partial charge in [0.15, 0.2) is 5.43 Å². The van der Waals surface area contributed by atoms with E-state index in [9.17, 15) is 4.79 Å². The van der Waals surface area contributed by atoms with Crippen LogP contribution in [-0.4, -0.2) is 16.7 Å². The molecule has 0 aliphatic carbocycles. The lowest BCUT2D eigenvalue weighted by atomic mass is 9.87. The number of nitrogens with zero attached hydrogens (tertiary/aromatic N) is 2. The van der Waals surface area contributed by atoms with Crippen LogP contribution in [0.1, 0.15) is 38.1 Å². The van der Waals surface area contributed by atoms with Crippen LogP contribution in [0.25, 0.3) is 11.3 Å². The molecular weight excluding hydrogens is 276 g/mol. The first-order valence-corrected chi connectivity index (χ1v) is 7.84. The summed E-state index contributed by atoms with van der Waals surface area (Å²) in [5, 5.41) is 0. The molecule has 3 heterocycles. The summed E-state index contributed by atoms with van der Waals surface area (Å²) in [6.45, 7) is 6.52. The van der Waals surface area contributed by atoms with Crippen LogP contribution in [0.5, 0.6) is 5.88 Å². The highest BCUT2D eigenvalue weighted by Gasteiger charge is 2.28. The second kappa shape index (κ2) is 5.59. The first-order valence-electron chi connectivity index (χ1n) is 7.84. The van der Waals surface area contributed by atoms with Crippen molar-refractivity contribution in [1.29, 1.82) is 0 Å². The number of hydrogen-bond donors (Lipinski definition) is 0. The van der Waals surface area contributed by atoms with E-state index in [0.29, 0.717) is 17.8 Å². The molecule has 2 aromatic rings. The van der Waals surface area contributed by atoms with Gasteiger partial charge in [0.25, 0.3) is 0 Å². The first kappa shape index (κ1) is 14.8. The number of methoxy groups -OCH3 is 1. The van der Waals surface area contributed by atoms with E-state index in [1.54, 1.807) is 19.2 Å². The first-order chi connectivity index (χ1) is 10.5. The average molecular weight is 298 g/mol. The smallest absolute Gasteiger partial charge is 0.213 e. The number of aryl methyl sites for hydroxylation is 1. The van der Waals surface area contributed by atoms with Crippen molar-refractivity contribution in [1.82, 2.24) is 9.55 Å². The maximum absolute atomic E-state index is 11.9. The molecule has 1 aliphatic heterocycles. The molecule has 1 atom stereocenters. The van der Waals surface area contributed by atoms with Crippen LogP contribution < -0.4 is 10.2 Å². The highest BCUT2D eigenvalue weighted by Crippen LogP contribution is 2.39. The van der Waals surface area contributed by atoms with Gasteiger partial charge in [-0.3, -0.25) is 4.79 Å². The van der Waals surface area contributed by atoms with E-state index in [0.717, 1.165) is 29.8 Å². The van der Waals surface area contributed by atoms with E-state index in [2.05, 4.69) is 30.3 Å². The van der Waals surface area contributed by atoms with Crippen LogP contribution in [-0.2, 0) is 12.8 Å². The monoisotopic (exact) mass is 298 g/mol. The Hall–Kier alpha value is -2.10. The molecule has 0 spiro atoms. The van der Waals surface area contributed by atoms with Gasteiger partial charge in [-0.15, -0.1) is 0 Å². The van der Waals surface area contributed by atoms with Crippen LogP contribution in [0.15, 0.2) is 29.2 Å². The van der Waals surface area contributed by atoms with Crippen molar-refractivity contribution in [2.45, 2.75) is 39.7 Å². The van der Waals surface area contributed by atoms with Gasteiger partial charge in [-0.25, -0.2) is 4.98 Å². The second-order valence-electron chi connectivity index (χ2n) is 6.17. The summed E-state index contributed by atoms with van der Waals surface area (Å²) < 4.78 is 7.59. The highest BCUT2D eigenvalue weighted by molar-refractivity contribution is 5.69. The Kier molecular flexibility index (Phi) is 3.77. The Morgan fingerprint density at radius 1 is 1.41 bits per heavy atom. The van der Waals surface area contributed by atoms with Gasteiger partial charge in [-0.2, -0.15) is 0 Å². The van der Waals surface area contributed by atoms with E-state index in [4.69, 9.17) is 4.74 Å². The van der Waals surface area contributed by atoms with Gasteiger partial charge < -0.3 is 9.30 Å². The molecule has 0 N–H and O–H groups in total. The van der Waals surface area contributed by atoms with Crippen LogP contribution in [0.2, 0.25) is 0 Å². The zero-order valence-corrected chi connectivity index (χ0v) is 13.6. The SMILES string of the molecule is CCc1nc(OC)cc2c1-c1cc(=O)ccn1C(C(C)C)C2. The Morgan fingerprint density at radius 3 is 2.82 bits per heavy atom. The summed E-state index contributed by atoms with van der Waals surface area (Å²) in [7, 11) is 1.65. The predicted octanol–water partition coefficient (Wildman–Crippen LogP) is 3.23. The zero-order chi connectivity index (χ0) is 15.9. The van der Waals surface area contributed by atoms with Crippen molar-refractivity contribution < 1.29 is 4.74 Å². The van der Waals surface area contributed by atoms with E-state index in [1.807, 2.05) is 12.3 Å². The number of rotatable bonds is 3. The van der Waals surface area contributed by atoms with Gasteiger partial charge in [-0.1, -0.05) is 20.8 Å². The van der Waals surface area contributed by atoms with Crippen molar-refractivity contribution >= 4 is 0 Å². The van der Waals surface area contributed by atoms with E-state index in [1.165, 1.54) is 5.56 Å². The molecule has 4 nitrogen and oxygen atoms in total. The Balaban J connectivity index is 2.31. The van der Waals surface area contributed by atoms with E-state index >= 15 is 0 Å².